The average molecular weight is 422 g/mol. The van der Waals surface area contributed by atoms with Crippen molar-refractivity contribution in [2.45, 2.75) is 38.9 Å². The number of rotatable bonds is 5. The Labute approximate surface area is 151 Å². The van der Waals surface area contributed by atoms with E-state index < -0.39 is 0 Å². The fourth-order valence-electron chi connectivity index (χ4n) is 4.04. The number of nitrogens with zero attached hydrogens (tertiary/aromatic N) is 3. The largest absolute Gasteiger partial charge is 0.374 e. The molecule has 1 N–H and O–H groups in total. The second-order valence-electron chi connectivity index (χ2n) is 6.65. The van der Waals surface area contributed by atoms with E-state index >= 15 is 0 Å². The van der Waals surface area contributed by atoms with Gasteiger partial charge in [0.15, 0.2) is 5.96 Å². The zero-order valence-electron chi connectivity index (χ0n) is 14.1. The van der Waals surface area contributed by atoms with Crippen LogP contribution in [0.2, 0.25) is 0 Å². The van der Waals surface area contributed by atoms with Crippen LogP contribution in [0.4, 0.5) is 0 Å². The molecule has 3 fully saturated rings. The summed E-state index contributed by atoms with van der Waals surface area (Å²) in [6, 6.07) is 0. The molecule has 0 aromatic heterocycles. The van der Waals surface area contributed by atoms with Gasteiger partial charge in [0.05, 0.1) is 18.8 Å². The fraction of sp³-hybridized carbons (Fsp3) is 0.938. The Bertz CT molecular complexity index is 374. The van der Waals surface area contributed by atoms with E-state index in [-0.39, 0.29) is 24.0 Å². The van der Waals surface area contributed by atoms with Gasteiger partial charge < -0.3 is 19.9 Å². The summed E-state index contributed by atoms with van der Waals surface area (Å²) in [5, 5.41) is 3.47. The second-order valence-corrected chi connectivity index (χ2v) is 6.65. The van der Waals surface area contributed by atoms with Crippen LogP contribution >= 0.6 is 24.0 Å². The van der Waals surface area contributed by atoms with Gasteiger partial charge in [-0.15, -0.1) is 24.0 Å². The highest BCUT2D eigenvalue weighted by Crippen LogP contribution is 2.47. The van der Waals surface area contributed by atoms with Crippen molar-refractivity contribution in [1.29, 1.82) is 0 Å². The molecule has 6 heteroatoms. The minimum atomic E-state index is 0. The van der Waals surface area contributed by atoms with Gasteiger partial charge in [0.2, 0.25) is 0 Å². The summed E-state index contributed by atoms with van der Waals surface area (Å²) in [5.41, 5.74) is 0. The number of hydrogen-bond donors (Lipinski definition) is 1. The Morgan fingerprint density at radius 1 is 1.23 bits per heavy atom. The molecule has 128 valence electrons. The highest BCUT2D eigenvalue weighted by Gasteiger charge is 2.53. The zero-order valence-corrected chi connectivity index (χ0v) is 16.5. The Kier molecular flexibility index (Phi) is 6.76. The molecule has 3 aliphatic rings. The Hall–Kier alpha value is -0.0800. The number of fused-ring (bicyclic) bond motifs is 5. The quantitative estimate of drug-likeness (QED) is 0.416. The van der Waals surface area contributed by atoms with Crippen LogP contribution in [0.25, 0.3) is 0 Å². The van der Waals surface area contributed by atoms with Gasteiger partial charge in [-0.05, 0) is 33.4 Å². The summed E-state index contributed by atoms with van der Waals surface area (Å²) in [7, 11) is 2.15. The monoisotopic (exact) mass is 422 g/mol. The lowest BCUT2D eigenvalue weighted by molar-refractivity contribution is 0.0767. The number of halogens is 1. The van der Waals surface area contributed by atoms with E-state index in [4.69, 9.17) is 9.73 Å². The van der Waals surface area contributed by atoms with Crippen LogP contribution in [0.3, 0.4) is 0 Å². The Balaban J connectivity index is 0.00000176. The molecule has 3 rings (SSSR count). The molecular weight excluding hydrogens is 391 g/mol. The van der Waals surface area contributed by atoms with Crippen molar-refractivity contribution in [3.8, 4) is 0 Å². The SMILES string of the molecule is CCNC(=NCCN(C)CC)N1CC2C3CCC(O3)C2C1.I. The molecule has 0 amide bonds. The Morgan fingerprint density at radius 2 is 1.86 bits per heavy atom. The maximum atomic E-state index is 6.06. The summed E-state index contributed by atoms with van der Waals surface area (Å²) < 4.78 is 6.06. The Morgan fingerprint density at radius 3 is 2.41 bits per heavy atom. The highest BCUT2D eigenvalue weighted by atomic mass is 127. The lowest BCUT2D eigenvalue weighted by Gasteiger charge is -2.23. The minimum absolute atomic E-state index is 0. The molecule has 3 saturated heterocycles. The molecule has 0 saturated carbocycles. The first-order chi connectivity index (χ1) is 10.2. The van der Waals surface area contributed by atoms with Crippen molar-refractivity contribution in [2.24, 2.45) is 16.8 Å². The van der Waals surface area contributed by atoms with Crippen molar-refractivity contribution in [1.82, 2.24) is 15.1 Å². The third-order valence-corrected chi connectivity index (χ3v) is 5.37. The summed E-state index contributed by atoms with van der Waals surface area (Å²) in [6.45, 7) is 10.5. The molecule has 0 aromatic rings. The first-order valence-electron chi connectivity index (χ1n) is 8.60. The number of likely N-dealkylation sites (tertiary alicyclic amines) is 1. The van der Waals surface area contributed by atoms with Crippen LogP contribution in [0.15, 0.2) is 4.99 Å². The summed E-state index contributed by atoms with van der Waals surface area (Å²) in [5.74, 6) is 2.59. The lowest BCUT2D eigenvalue weighted by Crippen LogP contribution is -2.41. The zero-order chi connectivity index (χ0) is 14.8. The third-order valence-electron chi connectivity index (χ3n) is 5.37. The van der Waals surface area contributed by atoms with Gasteiger partial charge in [-0.2, -0.15) is 0 Å². The molecule has 2 bridgehead atoms. The van der Waals surface area contributed by atoms with Crippen LogP contribution < -0.4 is 5.32 Å². The molecule has 0 aliphatic carbocycles. The smallest absolute Gasteiger partial charge is 0.193 e. The van der Waals surface area contributed by atoms with Crippen LogP contribution in [0.1, 0.15) is 26.7 Å². The average Bonchev–Trinajstić information content (AvgIpc) is 3.18. The van der Waals surface area contributed by atoms with E-state index in [0.29, 0.717) is 12.2 Å². The van der Waals surface area contributed by atoms with Crippen LogP contribution in [0, 0.1) is 11.8 Å². The van der Waals surface area contributed by atoms with Gasteiger partial charge in [0.1, 0.15) is 0 Å². The van der Waals surface area contributed by atoms with Crippen molar-refractivity contribution < 1.29 is 4.74 Å². The van der Waals surface area contributed by atoms with Gasteiger partial charge in [0.25, 0.3) is 0 Å². The number of aliphatic imine (C=N–C) groups is 1. The molecule has 0 spiro atoms. The molecule has 0 aromatic carbocycles. The molecule has 4 unspecified atom stereocenters. The van der Waals surface area contributed by atoms with Crippen LogP contribution in [0.5, 0.6) is 0 Å². The van der Waals surface area contributed by atoms with Crippen LogP contribution in [-0.4, -0.2) is 74.3 Å². The topological polar surface area (TPSA) is 40.1 Å². The molecular formula is C16H31IN4O. The predicted octanol–water partition coefficient (Wildman–Crippen LogP) is 1.63. The number of likely N-dealkylation sites (N-methyl/N-ethyl adjacent to an activating group) is 1. The first-order valence-corrected chi connectivity index (χ1v) is 8.60. The van der Waals surface area contributed by atoms with Crippen LogP contribution in [-0.2, 0) is 4.74 Å². The minimum Gasteiger partial charge on any atom is -0.374 e. The highest BCUT2D eigenvalue weighted by molar-refractivity contribution is 14.0. The number of guanidine groups is 1. The van der Waals surface area contributed by atoms with Crippen molar-refractivity contribution in [3.05, 3.63) is 0 Å². The third kappa shape index (κ3) is 3.70. The summed E-state index contributed by atoms with van der Waals surface area (Å²) in [4.78, 5) is 9.61. The van der Waals surface area contributed by atoms with Gasteiger partial charge in [-0.25, -0.2) is 0 Å². The standard InChI is InChI=1S/C16H30N4O.HI/c1-4-17-16(18-8-9-19(3)5-2)20-10-12-13(11-20)15-7-6-14(12)21-15;/h12-15H,4-11H2,1-3H3,(H,17,18);1H. The molecule has 0 radical (unpaired) electrons. The van der Waals surface area contributed by atoms with E-state index in [1.807, 2.05) is 0 Å². The van der Waals surface area contributed by atoms with E-state index in [1.165, 1.54) is 12.8 Å². The normalized spacial score (nSPS) is 33.3. The van der Waals surface area contributed by atoms with E-state index in [0.717, 1.165) is 57.1 Å². The molecule has 5 nitrogen and oxygen atoms in total. The van der Waals surface area contributed by atoms with Gasteiger partial charge in [-0.3, -0.25) is 4.99 Å². The molecule has 3 aliphatic heterocycles. The number of hydrogen-bond acceptors (Lipinski definition) is 3. The lowest BCUT2D eigenvalue weighted by atomic mass is 9.82. The van der Waals surface area contributed by atoms with Crippen molar-refractivity contribution in [2.75, 3.05) is 46.3 Å². The van der Waals surface area contributed by atoms with Gasteiger partial charge in [-0.1, -0.05) is 6.92 Å². The van der Waals surface area contributed by atoms with E-state index in [2.05, 4.69) is 36.0 Å². The van der Waals surface area contributed by atoms with Crippen molar-refractivity contribution >= 4 is 29.9 Å². The second kappa shape index (κ2) is 8.15. The van der Waals surface area contributed by atoms with E-state index in [1.54, 1.807) is 0 Å². The molecule has 3 heterocycles. The van der Waals surface area contributed by atoms with Gasteiger partial charge in [0, 0.05) is 38.0 Å². The molecule has 22 heavy (non-hydrogen) atoms. The maximum absolute atomic E-state index is 6.06. The van der Waals surface area contributed by atoms with Gasteiger partial charge >= 0.3 is 0 Å². The number of nitrogens with one attached hydrogen (secondary N) is 1. The number of ether oxygens (including phenoxy) is 1. The molecule has 4 atom stereocenters. The summed E-state index contributed by atoms with van der Waals surface area (Å²) >= 11 is 0. The predicted molar refractivity (Wildman–Crippen MR) is 101 cm³/mol. The maximum Gasteiger partial charge on any atom is 0.193 e. The first kappa shape index (κ1) is 18.3. The van der Waals surface area contributed by atoms with E-state index in [9.17, 15) is 0 Å². The summed E-state index contributed by atoms with van der Waals surface area (Å²) in [6.07, 6.45) is 3.60. The van der Waals surface area contributed by atoms with Crippen molar-refractivity contribution in [3.63, 3.8) is 0 Å². The fourth-order valence-corrected chi connectivity index (χ4v) is 4.04.